The van der Waals surface area contributed by atoms with Crippen molar-refractivity contribution in [1.29, 1.82) is 5.26 Å². The molecular formula is C15H21N. The van der Waals surface area contributed by atoms with Crippen molar-refractivity contribution in [2.24, 2.45) is 5.92 Å². The Kier molecular flexibility index (Phi) is 3.75. The summed E-state index contributed by atoms with van der Waals surface area (Å²) in [4.78, 5) is 0. The molecule has 1 nitrogen and oxygen atoms in total. The molecule has 86 valence electrons. The fourth-order valence-electron chi connectivity index (χ4n) is 1.80. The van der Waals surface area contributed by atoms with E-state index in [1.807, 2.05) is 0 Å². The van der Waals surface area contributed by atoms with Gasteiger partial charge in [-0.2, -0.15) is 5.26 Å². The number of nitriles is 1. The van der Waals surface area contributed by atoms with E-state index in [0.717, 1.165) is 5.56 Å². The molecule has 16 heavy (non-hydrogen) atoms. The van der Waals surface area contributed by atoms with E-state index >= 15 is 0 Å². The third kappa shape index (κ3) is 2.85. The standard InChI is InChI=1S/C15H21N/c1-11(2)14(10-16)12-6-8-13(9-7-12)15(3,4)5/h6-9,11,14H,1-5H3. The molecule has 0 aliphatic carbocycles. The number of rotatable bonds is 2. The van der Waals surface area contributed by atoms with Crippen LogP contribution < -0.4 is 0 Å². The minimum atomic E-state index is 0.00835. The van der Waals surface area contributed by atoms with E-state index < -0.39 is 0 Å². The second-order valence-corrected chi connectivity index (χ2v) is 5.72. The van der Waals surface area contributed by atoms with Crippen LogP contribution in [0, 0.1) is 17.2 Å². The van der Waals surface area contributed by atoms with Crippen molar-refractivity contribution < 1.29 is 0 Å². The van der Waals surface area contributed by atoms with E-state index in [0.29, 0.717) is 5.92 Å². The van der Waals surface area contributed by atoms with Crippen molar-refractivity contribution in [1.82, 2.24) is 0 Å². The van der Waals surface area contributed by atoms with Gasteiger partial charge in [-0.3, -0.25) is 0 Å². The van der Waals surface area contributed by atoms with Crippen molar-refractivity contribution in [3.8, 4) is 6.07 Å². The Morgan fingerprint density at radius 2 is 1.56 bits per heavy atom. The SMILES string of the molecule is CC(C)C(C#N)c1ccc(C(C)(C)C)cc1. The highest BCUT2D eigenvalue weighted by Crippen LogP contribution is 2.27. The molecule has 0 N–H and O–H groups in total. The monoisotopic (exact) mass is 215 g/mol. The Morgan fingerprint density at radius 3 is 1.88 bits per heavy atom. The molecular weight excluding hydrogens is 194 g/mol. The lowest BCUT2D eigenvalue weighted by molar-refractivity contribution is 0.579. The second-order valence-electron chi connectivity index (χ2n) is 5.72. The fraction of sp³-hybridized carbons (Fsp3) is 0.533. The zero-order chi connectivity index (χ0) is 12.3. The van der Waals surface area contributed by atoms with Crippen LogP contribution in [0.25, 0.3) is 0 Å². The van der Waals surface area contributed by atoms with Gasteiger partial charge in [-0.05, 0) is 22.5 Å². The highest BCUT2D eigenvalue weighted by molar-refractivity contribution is 5.32. The van der Waals surface area contributed by atoms with Crippen LogP contribution in [-0.4, -0.2) is 0 Å². The fourth-order valence-corrected chi connectivity index (χ4v) is 1.80. The van der Waals surface area contributed by atoms with Gasteiger partial charge in [-0.15, -0.1) is 0 Å². The van der Waals surface area contributed by atoms with Crippen LogP contribution in [-0.2, 0) is 5.41 Å². The van der Waals surface area contributed by atoms with Gasteiger partial charge in [0, 0.05) is 0 Å². The van der Waals surface area contributed by atoms with Gasteiger partial charge >= 0.3 is 0 Å². The lowest BCUT2D eigenvalue weighted by Gasteiger charge is -2.20. The summed E-state index contributed by atoms with van der Waals surface area (Å²) >= 11 is 0. The first kappa shape index (κ1) is 12.8. The van der Waals surface area contributed by atoms with Crippen molar-refractivity contribution in [3.63, 3.8) is 0 Å². The van der Waals surface area contributed by atoms with Crippen molar-refractivity contribution in [2.75, 3.05) is 0 Å². The maximum atomic E-state index is 9.13. The Balaban J connectivity index is 3.00. The van der Waals surface area contributed by atoms with E-state index in [2.05, 4.69) is 65.0 Å². The molecule has 0 saturated carbocycles. The minimum Gasteiger partial charge on any atom is -0.198 e. The molecule has 1 atom stereocenters. The van der Waals surface area contributed by atoms with Crippen LogP contribution in [0.15, 0.2) is 24.3 Å². The number of nitrogens with zero attached hydrogens (tertiary/aromatic N) is 1. The molecule has 0 radical (unpaired) electrons. The van der Waals surface area contributed by atoms with Crippen LogP contribution in [0.2, 0.25) is 0 Å². The zero-order valence-corrected chi connectivity index (χ0v) is 10.9. The normalized spacial score (nSPS) is 13.6. The molecule has 0 spiro atoms. The molecule has 0 saturated heterocycles. The molecule has 0 aliphatic heterocycles. The van der Waals surface area contributed by atoms with Gasteiger partial charge in [0.15, 0.2) is 0 Å². The van der Waals surface area contributed by atoms with E-state index in [4.69, 9.17) is 5.26 Å². The summed E-state index contributed by atoms with van der Waals surface area (Å²) in [5.41, 5.74) is 2.63. The van der Waals surface area contributed by atoms with Gasteiger partial charge in [-0.25, -0.2) is 0 Å². The average Bonchev–Trinajstić information content (AvgIpc) is 2.17. The summed E-state index contributed by atoms with van der Waals surface area (Å²) in [6.45, 7) is 10.8. The molecule has 1 aromatic rings. The van der Waals surface area contributed by atoms with Crippen LogP contribution in [0.1, 0.15) is 51.7 Å². The molecule has 0 heterocycles. The smallest absolute Gasteiger partial charge is 0.0735 e. The Hall–Kier alpha value is -1.29. The second kappa shape index (κ2) is 4.70. The minimum absolute atomic E-state index is 0.00835. The molecule has 1 heteroatoms. The summed E-state index contributed by atoms with van der Waals surface area (Å²) in [5.74, 6) is 0.375. The molecule has 0 aliphatic rings. The Bertz CT molecular complexity index is 373. The van der Waals surface area contributed by atoms with Crippen molar-refractivity contribution in [2.45, 2.75) is 46.0 Å². The Morgan fingerprint density at radius 1 is 1.06 bits per heavy atom. The predicted octanol–water partition coefficient (Wildman–Crippen LogP) is 4.25. The van der Waals surface area contributed by atoms with Gasteiger partial charge < -0.3 is 0 Å². The quantitative estimate of drug-likeness (QED) is 0.723. The molecule has 0 bridgehead atoms. The number of hydrogen-bond donors (Lipinski definition) is 0. The Labute approximate surface area is 99.1 Å². The van der Waals surface area contributed by atoms with E-state index in [-0.39, 0.29) is 11.3 Å². The van der Waals surface area contributed by atoms with Gasteiger partial charge in [0.05, 0.1) is 12.0 Å². The van der Waals surface area contributed by atoms with E-state index in [9.17, 15) is 0 Å². The van der Waals surface area contributed by atoms with Crippen molar-refractivity contribution in [3.05, 3.63) is 35.4 Å². The maximum absolute atomic E-state index is 9.13. The molecule has 0 fully saturated rings. The summed E-state index contributed by atoms with van der Waals surface area (Å²) < 4.78 is 0. The van der Waals surface area contributed by atoms with Crippen LogP contribution in [0.5, 0.6) is 0 Å². The summed E-state index contributed by atoms with van der Waals surface area (Å²) in [7, 11) is 0. The third-order valence-electron chi connectivity index (χ3n) is 2.94. The first-order valence-corrected chi connectivity index (χ1v) is 5.86. The topological polar surface area (TPSA) is 23.8 Å². The number of hydrogen-bond acceptors (Lipinski definition) is 1. The largest absolute Gasteiger partial charge is 0.198 e. The van der Waals surface area contributed by atoms with Gasteiger partial charge in [-0.1, -0.05) is 58.9 Å². The molecule has 1 rings (SSSR count). The maximum Gasteiger partial charge on any atom is 0.0735 e. The van der Waals surface area contributed by atoms with Crippen LogP contribution in [0.3, 0.4) is 0 Å². The molecule has 1 unspecified atom stereocenters. The van der Waals surface area contributed by atoms with Crippen LogP contribution in [0.4, 0.5) is 0 Å². The first-order valence-electron chi connectivity index (χ1n) is 5.86. The lowest BCUT2D eigenvalue weighted by Crippen LogP contribution is -2.11. The average molecular weight is 215 g/mol. The highest BCUT2D eigenvalue weighted by Gasteiger charge is 2.17. The van der Waals surface area contributed by atoms with Crippen LogP contribution >= 0.6 is 0 Å². The molecule has 1 aromatic carbocycles. The van der Waals surface area contributed by atoms with Gasteiger partial charge in [0.1, 0.15) is 0 Å². The zero-order valence-electron chi connectivity index (χ0n) is 10.9. The summed E-state index contributed by atoms with van der Waals surface area (Å²) in [5, 5.41) is 9.13. The van der Waals surface area contributed by atoms with E-state index in [1.165, 1.54) is 5.56 Å². The van der Waals surface area contributed by atoms with E-state index in [1.54, 1.807) is 0 Å². The third-order valence-corrected chi connectivity index (χ3v) is 2.94. The van der Waals surface area contributed by atoms with Gasteiger partial charge in [0.2, 0.25) is 0 Å². The molecule has 0 aromatic heterocycles. The van der Waals surface area contributed by atoms with Gasteiger partial charge in [0.25, 0.3) is 0 Å². The molecule has 0 amide bonds. The summed E-state index contributed by atoms with van der Waals surface area (Å²) in [6, 6.07) is 10.8. The summed E-state index contributed by atoms with van der Waals surface area (Å²) in [6.07, 6.45) is 0. The number of benzene rings is 1. The first-order chi connectivity index (χ1) is 7.36. The predicted molar refractivity (Wildman–Crippen MR) is 68.3 cm³/mol. The van der Waals surface area contributed by atoms with Crippen molar-refractivity contribution >= 4 is 0 Å². The highest BCUT2D eigenvalue weighted by atomic mass is 14.3. The lowest BCUT2D eigenvalue weighted by atomic mass is 9.84.